The van der Waals surface area contributed by atoms with Gasteiger partial charge in [0.25, 0.3) is 0 Å². The average Bonchev–Trinajstić information content (AvgIpc) is 3.31. The van der Waals surface area contributed by atoms with Gasteiger partial charge in [0.1, 0.15) is 18.7 Å². The molecule has 4 aliphatic carbocycles. The molecule has 152 valence electrons. The largest absolute Gasteiger partial charge is 0.350 e. The SMILES string of the molecule is CC(Cn1cncn1)NC(=O)C1CCCN1C(=O)C12CC3CC(CC(C3)C1)C2. The molecule has 1 saturated heterocycles. The summed E-state index contributed by atoms with van der Waals surface area (Å²) in [5.74, 6) is 2.50. The van der Waals surface area contributed by atoms with Crippen molar-refractivity contribution in [1.82, 2.24) is 25.0 Å². The Bertz CT molecular complexity index is 711. The monoisotopic (exact) mass is 385 g/mol. The Morgan fingerprint density at radius 3 is 2.46 bits per heavy atom. The van der Waals surface area contributed by atoms with Gasteiger partial charge in [-0.3, -0.25) is 14.3 Å². The number of nitrogens with one attached hydrogen (secondary N) is 1. The maximum Gasteiger partial charge on any atom is 0.243 e. The van der Waals surface area contributed by atoms with Crippen LogP contribution in [0.15, 0.2) is 12.7 Å². The van der Waals surface area contributed by atoms with E-state index < -0.39 is 0 Å². The lowest BCUT2D eigenvalue weighted by molar-refractivity contribution is -0.160. The molecule has 5 fully saturated rings. The van der Waals surface area contributed by atoms with Crippen LogP contribution in [0.2, 0.25) is 0 Å². The van der Waals surface area contributed by atoms with Crippen molar-refractivity contribution in [1.29, 1.82) is 0 Å². The summed E-state index contributed by atoms with van der Waals surface area (Å²) in [5, 5.41) is 7.20. The summed E-state index contributed by atoms with van der Waals surface area (Å²) in [6.07, 6.45) is 12.0. The minimum Gasteiger partial charge on any atom is -0.350 e. The van der Waals surface area contributed by atoms with Crippen molar-refractivity contribution in [3.8, 4) is 0 Å². The Hall–Kier alpha value is -1.92. The highest BCUT2D eigenvalue weighted by Gasteiger charge is 2.56. The third-order valence-electron chi connectivity index (χ3n) is 7.62. The molecule has 0 spiro atoms. The number of hydrogen-bond donors (Lipinski definition) is 1. The van der Waals surface area contributed by atoms with Crippen LogP contribution in [0.4, 0.5) is 0 Å². The van der Waals surface area contributed by atoms with E-state index in [2.05, 4.69) is 15.4 Å². The van der Waals surface area contributed by atoms with Gasteiger partial charge in [-0.1, -0.05) is 0 Å². The molecule has 2 unspecified atom stereocenters. The van der Waals surface area contributed by atoms with Crippen LogP contribution in [0.5, 0.6) is 0 Å². The van der Waals surface area contributed by atoms with Crippen LogP contribution in [0.3, 0.4) is 0 Å². The van der Waals surface area contributed by atoms with Crippen LogP contribution in [-0.2, 0) is 16.1 Å². The summed E-state index contributed by atoms with van der Waals surface area (Å²) in [6.45, 7) is 3.29. The first kappa shape index (κ1) is 18.1. The first-order valence-electron chi connectivity index (χ1n) is 11.0. The molecule has 4 bridgehead atoms. The molecule has 1 aromatic heterocycles. The maximum absolute atomic E-state index is 13.7. The van der Waals surface area contributed by atoms with Gasteiger partial charge in [0.05, 0.1) is 12.0 Å². The highest BCUT2D eigenvalue weighted by atomic mass is 16.2. The van der Waals surface area contributed by atoms with Crippen LogP contribution < -0.4 is 5.32 Å². The zero-order valence-electron chi connectivity index (χ0n) is 16.7. The molecule has 5 aliphatic rings. The summed E-state index contributed by atoms with van der Waals surface area (Å²) in [5.41, 5.74) is -0.163. The maximum atomic E-state index is 13.7. The Morgan fingerprint density at radius 2 is 1.86 bits per heavy atom. The van der Waals surface area contributed by atoms with Crippen LogP contribution in [0, 0.1) is 23.2 Å². The number of carbonyl (C=O) groups is 2. The van der Waals surface area contributed by atoms with Crippen molar-refractivity contribution >= 4 is 11.8 Å². The number of carbonyl (C=O) groups excluding carboxylic acids is 2. The number of likely N-dealkylation sites (tertiary alicyclic amines) is 1. The van der Waals surface area contributed by atoms with Gasteiger partial charge in [-0.05, 0) is 76.0 Å². The molecule has 2 heterocycles. The number of amides is 2. The Labute approximate surface area is 166 Å². The number of aromatic nitrogens is 3. The predicted octanol–water partition coefficient (Wildman–Crippen LogP) is 1.99. The van der Waals surface area contributed by atoms with Crippen LogP contribution >= 0.6 is 0 Å². The van der Waals surface area contributed by atoms with E-state index in [0.29, 0.717) is 6.54 Å². The van der Waals surface area contributed by atoms with E-state index in [4.69, 9.17) is 0 Å². The molecule has 6 rings (SSSR count). The van der Waals surface area contributed by atoms with E-state index in [1.807, 2.05) is 11.8 Å². The van der Waals surface area contributed by atoms with Crippen molar-refractivity contribution in [3.63, 3.8) is 0 Å². The molecule has 1 N–H and O–H groups in total. The van der Waals surface area contributed by atoms with E-state index in [1.54, 1.807) is 11.0 Å². The molecule has 7 heteroatoms. The molecule has 0 radical (unpaired) electrons. The van der Waals surface area contributed by atoms with Crippen molar-refractivity contribution in [3.05, 3.63) is 12.7 Å². The fourth-order valence-corrected chi connectivity index (χ4v) is 6.95. The average molecular weight is 386 g/mol. The fraction of sp³-hybridized carbons (Fsp3) is 0.810. The Balaban J connectivity index is 1.26. The van der Waals surface area contributed by atoms with Crippen molar-refractivity contribution in [2.24, 2.45) is 23.2 Å². The van der Waals surface area contributed by atoms with Gasteiger partial charge >= 0.3 is 0 Å². The van der Waals surface area contributed by atoms with Crippen molar-refractivity contribution < 1.29 is 9.59 Å². The first-order chi connectivity index (χ1) is 13.5. The van der Waals surface area contributed by atoms with Crippen molar-refractivity contribution in [2.45, 2.75) is 76.9 Å². The second kappa shape index (κ2) is 6.85. The normalized spacial score (nSPS) is 37.2. The highest BCUT2D eigenvalue weighted by Crippen LogP contribution is 2.60. The van der Waals surface area contributed by atoms with Gasteiger partial charge in [-0.2, -0.15) is 5.10 Å². The molecule has 7 nitrogen and oxygen atoms in total. The first-order valence-corrected chi connectivity index (χ1v) is 11.0. The van der Waals surface area contributed by atoms with Gasteiger partial charge in [-0.25, -0.2) is 4.98 Å². The lowest BCUT2D eigenvalue weighted by Gasteiger charge is -2.56. The summed E-state index contributed by atoms with van der Waals surface area (Å²) in [6, 6.07) is -0.356. The van der Waals surface area contributed by atoms with Crippen LogP contribution in [0.25, 0.3) is 0 Å². The second-order valence-corrected chi connectivity index (χ2v) is 9.88. The fourth-order valence-electron chi connectivity index (χ4n) is 6.95. The molecular formula is C21H31N5O2. The summed E-state index contributed by atoms with van der Waals surface area (Å²) in [4.78, 5) is 32.5. The molecule has 0 aromatic carbocycles. The molecule has 2 amide bonds. The van der Waals surface area contributed by atoms with E-state index >= 15 is 0 Å². The van der Waals surface area contributed by atoms with E-state index in [0.717, 1.165) is 56.4 Å². The predicted molar refractivity (Wildman–Crippen MR) is 103 cm³/mol. The van der Waals surface area contributed by atoms with Gasteiger partial charge in [0, 0.05) is 12.6 Å². The van der Waals surface area contributed by atoms with Crippen molar-refractivity contribution in [2.75, 3.05) is 6.54 Å². The zero-order valence-corrected chi connectivity index (χ0v) is 16.7. The summed E-state index contributed by atoms with van der Waals surface area (Å²) >= 11 is 0. The summed E-state index contributed by atoms with van der Waals surface area (Å²) in [7, 11) is 0. The Morgan fingerprint density at radius 1 is 1.18 bits per heavy atom. The number of nitrogens with zero attached hydrogens (tertiary/aromatic N) is 4. The summed E-state index contributed by atoms with van der Waals surface area (Å²) < 4.78 is 1.72. The number of hydrogen-bond acceptors (Lipinski definition) is 4. The molecule has 1 aromatic rings. The topological polar surface area (TPSA) is 80.1 Å². The van der Waals surface area contributed by atoms with Crippen LogP contribution in [0.1, 0.15) is 58.3 Å². The standard InChI is InChI=1S/C21H31N5O2/c1-14(11-25-13-22-12-23-25)24-19(27)18-3-2-4-26(18)20(28)21-8-15-5-16(9-21)7-17(6-15)10-21/h12-18H,2-11H2,1H3,(H,24,27). The molecule has 1 aliphatic heterocycles. The highest BCUT2D eigenvalue weighted by molar-refractivity contribution is 5.91. The van der Waals surface area contributed by atoms with Gasteiger partial charge < -0.3 is 10.2 Å². The van der Waals surface area contributed by atoms with Gasteiger partial charge in [0.15, 0.2) is 0 Å². The Kier molecular flexibility index (Phi) is 4.43. The third-order valence-corrected chi connectivity index (χ3v) is 7.62. The minimum atomic E-state index is -0.307. The second-order valence-electron chi connectivity index (χ2n) is 9.88. The third kappa shape index (κ3) is 3.12. The van der Waals surface area contributed by atoms with E-state index in [9.17, 15) is 9.59 Å². The number of rotatable bonds is 5. The van der Waals surface area contributed by atoms with E-state index in [1.165, 1.54) is 25.6 Å². The quantitative estimate of drug-likeness (QED) is 0.841. The zero-order chi connectivity index (χ0) is 19.3. The van der Waals surface area contributed by atoms with Crippen LogP contribution in [-0.4, -0.2) is 50.1 Å². The minimum absolute atomic E-state index is 0.0109. The molecule has 2 atom stereocenters. The van der Waals surface area contributed by atoms with E-state index in [-0.39, 0.29) is 29.3 Å². The molecule has 28 heavy (non-hydrogen) atoms. The molecule has 4 saturated carbocycles. The smallest absolute Gasteiger partial charge is 0.243 e. The van der Waals surface area contributed by atoms with Gasteiger partial charge in [0.2, 0.25) is 11.8 Å². The lowest BCUT2D eigenvalue weighted by atomic mass is 9.49. The van der Waals surface area contributed by atoms with Gasteiger partial charge in [-0.15, -0.1) is 0 Å². The molecular weight excluding hydrogens is 354 g/mol. The lowest BCUT2D eigenvalue weighted by Crippen LogP contribution is -2.57.